The van der Waals surface area contributed by atoms with Gasteiger partial charge in [0.2, 0.25) is 0 Å². The zero-order chi connectivity index (χ0) is 20.8. The van der Waals surface area contributed by atoms with Gasteiger partial charge in [-0.1, -0.05) is 54.6 Å². The van der Waals surface area contributed by atoms with Gasteiger partial charge in [-0.05, 0) is 54.7 Å². The van der Waals surface area contributed by atoms with Crippen LogP contribution in [0.25, 0.3) is 0 Å². The van der Waals surface area contributed by atoms with E-state index in [1.54, 1.807) is 29.2 Å². The Labute approximate surface area is 176 Å². The highest BCUT2D eigenvalue weighted by molar-refractivity contribution is 6.03. The van der Waals surface area contributed by atoms with E-state index >= 15 is 0 Å². The first-order valence-corrected chi connectivity index (χ1v) is 10.3. The third kappa shape index (κ3) is 4.69. The molecule has 0 unspecified atom stereocenters. The summed E-state index contributed by atoms with van der Waals surface area (Å²) in [6, 6.07) is 24.7. The van der Waals surface area contributed by atoms with Gasteiger partial charge in [-0.15, -0.1) is 0 Å². The van der Waals surface area contributed by atoms with Crippen molar-refractivity contribution < 1.29 is 9.59 Å². The van der Waals surface area contributed by atoms with Crippen molar-refractivity contribution in [1.29, 1.82) is 0 Å². The summed E-state index contributed by atoms with van der Waals surface area (Å²) in [5.41, 5.74) is 4.31. The summed E-state index contributed by atoms with van der Waals surface area (Å²) < 4.78 is 0. The van der Waals surface area contributed by atoms with Crippen LogP contribution in [0, 0.1) is 0 Å². The fourth-order valence-corrected chi connectivity index (χ4v) is 3.71. The number of urea groups is 1. The summed E-state index contributed by atoms with van der Waals surface area (Å²) in [5.74, 6) is -0.171. The number of hydrogen-bond acceptors (Lipinski definition) is 2. The zero-order valence-electron chi connectivity index (χ0n) is 16.8. The summed E-state index contributed by atoms with van der Waals surface area (Å²) in [7, 11) is 0. The van der Waals surface area contributed by atoms with Crippen LogP contribution in [-0.2, 0) is 13.0 Å². The zero-order valence-corrected chi connectivity index (χ0v) is 16.8. The molecule has 5 nitrogen and oxygen atoms in total. The Bertz CT molecular complexity index is 1030. The van der Waals surface area contributed by atoms with Crippen molar-refractivity contribution in [1.82, 2.24) is 5.32 Å². The molecule has 4 rings (SSSR count). The summed E-state index contributed by atoms with van der Waals surface area (Å²) in [4.78, 5) is 27.3. The maximum atomic E-state index is 13.0. The van der Waals surface area contributed by atoms with Crippen molar-refractivity contribution in [2.75, 3.05) is 16.8 Å². The minimum atomic E-state index is -0.175. The normalized spacial score (nSPS) is 13.1. The number of benzene rings is 3. The van der Waals surface area contributed by atoms with E-state index < -0.39 is 0 Å². The molecule has 30 heavy (non-hydrogen) atoms. The van der Waals surface area contributed by atoms with Crippen molar-refractivity contribution in [3.05, 3.63) is 95.6 Å². The van der Waals surface area contributed by atoms with Gasteiger partial charge in [-0.2, -0.15) is 0 Å². The van der Waals surface area contributed by atoms with Gasteiger partial charge in [0, 0.05) is 30.0 Å². The lowest BCUT2D eigenvalue weighted by atomic mass is 10.1. The fraction of sp³-hybridized carbons (Fsp3) is 0.200. The third-order valence-corrected chi connectivity index (χ3v) is 5.28. The van der Waals surface area contributed by atoms with E-state index in [4.69, 9.17) is 0 Å². The maximum Gasteiger partial charge on any atom is 0.326 e. The van der Waals surface area contributed by atoms with Gasteiger partial charge in [0.25, 0.3) is 5.91 Å². The molecule has 0 radical (unpaired) electrons. The molecule has 152 valence electrons. The minimum Gasteiger partial charge on any atom is -0.348 e. The van der Waals surface area contributed by atoms with Crippen LogP contribution in [0.1, 0.15) is 34.3 Å². The second-order valence-corrected chi connectivity index (χ2v) is 7.42. The molecule has 2 N–H and O–H groups in total. The quantitative estimate of drug-likeness (QED) is 0.649. The van der Waals surface area contributed by atoms with Gasteiger partial charge in [-0.25, -0.2) is 4.79 Å². The van der Waals surface area contributed by atoms with E-state index in [0.29, 0.717) is 24.3 Å². The van der Waals surface area contributed by atoms with Crippen LogP contribution >= 0.6 is 0 Å². The lowest BCUT2D eigenvalue weighted by Crippen LogP contribution is -2.35. The van der Waals surface area contributed by atoms with Gasteiger partial charge in [0.05, 0.1) is 0 Å². The molecule has 5 heteroatoms. The van der Waals surface area contributed by atoms with Crippen LogP contribution in [-0.4, -0.2) is 18.5 Å². The number of nitrogens with one attached hydrogen (secondary N) is 2. The molecule has 1 aliphatic heterocycles. The first-order valence-electron chi connectivity index (χ1n) is 10.3. The largest absolute Gasteiger partial charge is 0.348 e. The highest BCUT2D eigenvalue weighted by atomic mass is 16.2. The van der Waals surface area contributed by atoms with Crippen molar-refractivity contribution in [2.45, 2.75) is 25.8 Å². The Morgan fingerprint density at radius 2 is 1.67 bits per heavy atom. The number of anilines is 2. The standard InChI is InChI=1S/C25H25N3O2/c29-24(26-18-19-9-2-1-3-10-19)21-13-8-14-22(17-21)27-25(30)28-16-7-6-12-20-11-4-5-15-23(20)28/h1-5,8-11,13-15,17H,6-7,12,16,18H2,(H,26,29)(H,27,30). The Hall–Kier alpha value is -3.60. The molecule has 1 heterocycles. The Morgan fingerprint density at radius 3 is 2.53 bits per heavy atom. The summed E-state index contributed by atoms with van der Waals surface area (Å²) in [6.45, 7) is 1.14. The number of rotatable bonds is 4. The molecule has 0 aliphatic carbocycles. The fourth-order valence-electron chi connectivity index (χ4n) is 3.71. The monoisotopic (exact) mass is 399 g/mol. The predicted molar refractivity (Wildman–Crippen MR) is 120 cm³/mol. The minimum absolute atomic E-state index is 0.171. The van der Waals surface area contributed by atoms with Crippen LogP contribution in [0.2, 0.25) is 0 Å². The first-order chi connectivity index (χ1) is 14.7. The second kappa shape index (κ2) is 9.27. The second-order valence-electron chi connectivity index (χ2n) is 7.42. The summed E-state index contributed by atoms with van der Waals surface area (Å²) >= 11 is 0. The van der Waals surface area contributed by atoms with Gasteiger partial charge < -0.3 is 10.6 Å². The molecular weight excluding hydrogens is 374 g/mol. The molecule has 0 spiro atoms. The van der Waals surface area contributed by atoms with E-state index in [2.05, 4.69) is 16.7 Å². The smallest absolute Gasteiger partial charge is 0.326 e. The molecule has 0 atom stereocenters. The number of amides is 3. The molecule has 0 saturated carbocycles. The molecule has 0 saturated heterocycles. The van der Waals surface area contributed by atoms with Crippen molar-refractivity contribution in [3.8, 4) is 0 Å². The molecule has 0 fully saturated rings. The van der Waals surface area contributed by atoms with Crippen LogP contribution in [0.15, 0.2) is 78.9 Å². The predicted octanol–water partition coefficient (Wildman–Crippen LogP) is 4.99. The van der Waals surface area contributed by atoms with E-state index in [1.807, 2.05) is 48.5 Å². The number of carbonyl (C=O) groups is 2. The molecular formula is C25H25N3O2. The number of para-hydroxylation sites is 1. The van der Waals surface area contributed by atoms with E-state index in [0.717, 1.165) is 30.5 Å². The van der Waals surface area contributed by atoms with Crippen molar-refractivity contribution in [3.63, 3.8) is 0 Å². The number of hydrogen-bond donors (Lipinski definition) is 2. The summed E-state index contributed by atoms with van der Waals surface area (Å²) in [5, 5.41) is 5.87. The number of nitrogens with zero attached hydrogens (tertiary/aromatic N) is 1. The van der Waals surface area contributed by atoms with Crippen LogP contribution in [0.3, 0.4) is 0 Å². The molecule has 3 amide bonds. The molecule has 0 aromatic heterocycles. The van der Waals surface area contributed by atoms with E-state index in [9.17, 15) is 9.59 Å². The lowest BCUT2D eigenvalue weighted by molar-refractivity contribution is 0.0951. The van der Waals surface area contributed by atoms with Crippen molar-refractivity contribution >= 4 is 23.3 Å². The number of carbonyl (C=O) groups excluding carboxylic acids is 2. The van der Waals surface area contributed by atoms with Crippen molar-refractivity contribution in [2.24, 2.45) is 0 Å². The topological polar surface area (TPSA) is 61.4 Å². The third-order valence-electron chi connectivity index (χ3n) is 5.28. The van der Waals surface area contributed by atoms with Crippen LogP contribution in [0.4, 0.5) is 16.2 Å². The molecule has 0 bridgehead atoms. The van der Waals surface area contributed by atoms with Gasteiger partial charge in [0.15, 0.2) is 0 Å². The number of aryl methyl sites for hydroxylation is 1. The maximum absolute atomic E-state index is 13.0. The molecule has 3 aromatic carbocycles. The first kappa shape index (κ1) is 19.7. The number of fused-ring (bicyclic) bond motifs is 1. The Morgan fingerprint density at radius 1 is 0.867 bits per heavy atom. The van der Waals surface area contributed by atoms with Gasteiger partial charge in [0.1, 0.15) is 0 Å². The van der Waals surface area contributed by atoms with E-state index in [1.165, 1.54) is 5.56 Å². The van der Waals surface area contributed by atoms with Crippen LogP contribution in [0.5, 0.6) is 0 Å². The molecule has 1 aliphatic rings. The summed E-state index contributed by atoms with van der Waals surface area (Å²) in [6.07, 6.45) is 3.01. The highest BCUT2D eigenvalue weighted by Gasteiger charge is 2.21. The van der Waals surface area contributed by atoms with Crippen LogP contribution < -0.4 is 15.5 Å². The highest BCUT2D eigenvalue weighted by Crippen LogP contribution is 2.26. The van der Waals surface area contributed by atoms with E-state index in [-0.39, 0.29) is 11.9 Å². The molecule has 3 aromatic rings. The average molecular weight is 399 g/mol. The van der Waals surface area contributed by atoms with Gasteiger partial charge in [-0.3, -0.25) is 9.69 Å². The Kier molecular flexibility index (Phi) is 6.09. The van der Waals surface area contributed by atoms with Gasteiger partial charge >= 0.3 is 6.03 Å². The SMILES string of the molecule is O=C(NCc1ccccc1)c1cccc(NC(=O)N2CCCCc3ccccc32)c1. The average Bonchev–Trinajstić information content (AvgIpc) is 3.01. The lowest BCUT2D eigenvalue weighted by Gasteiger charge is -2.23. The Balaban J connectivity index is 1.44.